The van der Waals surface area contributed by atoms with E-state index in [1.54, 1.807) is 17.0 Å². The molecular weight excluding hydrogens is 314 g/mol. The van der Waals surface area contributed by atoms with E-state index in [1.807, 2.05) is 6.92 Å². The van der Waals surface area contributed by atoms with Gasteiger partial charge in [-0.25, -0.2) is 8.42 Å². The molecule has 21 heavy (non-hydrogen) atoms. The lowest BCUT2D eigenvalue weighted by atomic mass is 10.1. The van der Waals surface area contributed by atoms with Crippen LogP contribution in [0.2, 0.25) is 0 Å². The van der Waals surface area contributed by atoms with Crippen LogP contribution in [0.15, 0.2) is 29.2 Å². The van der Waals surface area contributed by atoms with Gasteiger partial charge in [-0.15, -0.1) is 11.6 Å². The number of morpholine rings is 1. The SMILES string of the molecule is CC1CN(C(=O)c2cccc(S(C)(=O)=O)c2)CC(CCl)O1. The zero-order chi connectivity index (χ0) is 15.6. The molecule has 0 saturated carbocycles. The van der Waals surface area contributed by atoms with Crippen molar-refractivity contribution in [1.82, 2.24) is 4.90 Å². The fourth-order valence-corrected chi connectivity index (χ4v) is 3.18. The van der Waals surface area contributed by atoms with E-state index < -0.39 is 9.84 Å². The molecule has 1 saturated heterocycles. The normalized spacial score (nSPS) is 23.1. The monoisotopic (exact) mass is 331 g/mol. The van der Waals surface area contributed by atoms with Crippen molar-refractivity contribution in [3.8, 4) is 0 Å². The topological polar surface area (TPSA) is 63.7 Å². The predicted molar refractivity (Wildman–Crippen MR) is 80.5 cm³/mol. The highest BCUT2D eigenvalue weighted by Gasteiger charge is 2.28. The van der Waals surface area contributed by atoms with Crippen LogP contribution in [0.5, 0.6) is 0 Å². The van der Waals surface area contributed by atoms with E-state index in [9.17, 15) is 13.2 Å². The first-order valence-corrected chi connectivity index (χ1v) is 9.04. The summed E-state index contributed by atoms with van der Waals surface area (Å²) in [6.45, 7) is 2.76. The van der Waals surface area contributed by atoms with Gasteiger partial charge in [-0.3, -0.25) is 4.79 Å². The first-order valence-electron chi connectivity index (χ1n) is 6.62. The largest absolute Gasteiger partial charge is 0.370 e. The van der Waals surface area contributed by atoms with Crippen LogP contribution in [0.4, 0.5) is 0 Å². The summed E-state index contributed by atoms with van der Waals surface area (Å²) in [5.41, 5.74) is 0.361. The summed E-state index contributed by atoms with van der Waals surface area (Å²) >= 11 is 5.80. The van der Waals surface area contributed by atoms with Gasteiger partial charge in [0.1, 0.15) is 0 Å². The molecule has 0 N–H and O–H groups in total. The number of nitrogens with zero attached hydrogens (tertiary/aromatic N) is 1. The Bertz CT molecular complexity index is 632. The molecule has 0 radical (unpaired) electrons. The van der Waals surface area contributed by atoms with E-state index in [-0.39, 0.29) is 23.0 Å². The molecule has 7 heteroatoms. The van der Waals surface area contributed by atoms with Crippen LogP contribution in [0.25, 0.3) is 0 Å². The number of rotatable bonds is 3. The molecule has 2 rings (SSSR count). The second-order valence-electron chi connectivity index (χ2n) is 5.23. The van der Waals surface area contributed by atoms with Gasteiger partial charge in [0.2, 0.25) is 0 Å². The van der Waals surface area contributed by atoms with Crippen LogP contribution in [0, 0.1) is 0 Å². The number of hydrogen-bond acceptors (Lipinski definition) is 4. The average molecular weight is 332 g/mol. The Kier molecular flexibility index (Phi) is 4.91. The molecule has 1 aromatic rings. The van der Waals surface area contributed by atoms with E-state index in [0.29, 0.717) is 24.5 Å². The molecule has 0 aromatic heterocycles. The molecular formula is C14H18ClNO4S. The number of halogens is 1. The number of ether oxygens (including phenoxy) is 1. The van der Waals surface area contributed by atoms with Crippen molar-refractivity contribution in [2.24, 2.45) is 0 Å². The van der Waals surface area contributed by atoms with Crippen LogP contribution >= 0.6 is 11.6 Å². The predicted octanol–water partition coefficient (Wildman–Crippen LogP) is 1.56. The highest BCUT2D eigenvalue weighted by molar-refractivity contribution is 7.90. The zero-order valence-corrected chi connectivity index (χ0v) is 13.5. The second kappa shape index (κ2) is 6.34. The molecule has 1 heterocycles. The van der Waals surface area contributed by atoms with Gasteiger partial charge in [-0.05, 0) is 25.1 Å². The molecule has 2 unspecified atom stereocenters. The van der Waals surface area contributed by atoms with Gasteiger partial charge in [-0.1, -0.05) is 6.07 Å². The summed E-state index contributed by atoms with van der Waals surface area (Å²) in [6, 6.07) is 6.09. The van der Waals surface area contributed by atoms with Gasteiger partial charge in [0.25, 0.3) is 5.91 Å². The summed E-state index contributed by atoms with van der Waals surface area (Å²) in [4.78, 5) is 14.3. The molecule has 0 aliphatic carbocycles. The number of hydrogen-bond donors (Lipinski definition) is 0. The maximum atomic E-state index is 12.5. The van der Waals surface area contributed by atoms with E-state index >= 15 is 0 Å². The molecule has 1 fully saturated rings. The third-order valence-electron chi connectivity index (χ3n) is 3.29. The Morgan fingerprint density at radius 3 is 2.76 bits per heavy atom. The van der Waals surface area contributed by atoms with Crippen molar-refractivity contribution in [2.45, 2.75) is 24.0 Å². The van der Waals surface area contributed by atoms with Gasteiger partial charge in [0.15, 0.2) is 9.84 Å². The Hall–Kier alpha value is -1.11. The summed E-state index contributed by atoms with van der Waals surface area (Å²) in [5, 5.41) is 0. The number of sulfone groups is 1. The Morgan fingerprint density at radius 1 is 1.43 bits per heavy atom. The van der Waals surface area contributed by atoms with Gasteiger partial charge in [0, 0.05) is 24.9 Å². The highest BCUT2D eigenvalue weighted by Crippen LogP contribution is 2.17. The van der Waals surface area contributed by atoms with Crippen LogP contribution in [-0.4, -0.2) is 56.7 Å². The van der Waals surface area contributed by atoms with Gasteiger partial charge in [-0.2, -0.15) is 0 Å². The molecule has 1 aromatic carbocycles. The van der Waals surface area contributed by atoms with Crippen LogP contribution in [-0.2, 0) is 14.6 Å². The first-order chi connectivity index (χ1) is 9.81. The van der Waals surface area contributed by atoms with Crippen molar-refractivity contribution < 1.29 is 17.9 Å². The summed E-state index contributed by atoms with van der Waals surface area (Å²) in [7, 11) is -3.33. The molecule has 1 aliphatic heterocycles. The molecule has 0 spiro atoms. The minimum absolute atomic E-state index is 0.0930. The van der Waals surface area contributed by atoms with Gasteiger partial charge < -0.3 is 9.64 Å². The highest BCUT2D eigenvalue weighted by atomic mass is 35.5. The minimum atomic E-state index is -3.33. The van der Waals surface area contributed by atoms with Gasteiger partial charge >= 0.3 is 0 Å². The van der Waals surface area contributed by atoms with E-state index in [1.165, 1.54) is 12.1 Å². The maximum Gasteiger partial charge on any atom is 0.254 e. The van der Waals surface area contributed by atoms with Crippen molar-refractivity contribution in [3.05, 3.63) is 29.8 Å². The number of carbonyl (C=O) groups excluding carboxylic acids is 1. The number of carbonyl (C=O) groups is 1. The molecule has 2 atom stereocenters. The Labute approximate surface area is 129 Å². The lowest BCUT2D eigenvalue weighted by Crippen LogP contribution is -2.49. The number of benzene rings is 1. The maximum absolute atomic E-state index is 12.5. The zero-order valence-electron chi connectivity index (χ0n) is 12.0. The number of alkyl halides is 1. The summed E-state index contributed by atoms with van der Waals surface area (Å²) in [6.07, 6.45) is 0.832. The summed E-state index contributed by atoms with van der Waals surface area (Å²) < 4.78 is 28.8. The van der Waals surface area contributed by atoms with Crippen molar-refractivity contribution in [1.29, 1.82) is 0 Å². The molecule has 1 amide bonds. The average Bonchev–Trinajstić information content (AvgIpc) is 2.45. The third-order valence-corrected chi connectivity index (χ3v) is 4.75. The third kappa shape index (κ3) is 3.96. The van der Waals surface area contributed by atoms with Crippen LogP contribution in [0.1, 0.15) is 17.3 Å². The summed E-state index contributed by atoms with van der Waals surface area (Å²) in [5.74, 6) is 0.114. The Balaban J connectivity index is 2.24. The smallest absolute Gasteiger partial charge is 0.254 e. The van der Waals surface area contributed by atoms with E-state index in [4.69, 9.17) is 16.3 Å². The minimum Gasteiger partial charge on any atom is -0.370 e. The van der Waals surface area contributed by atoms with Crippen molar-refractivity contribution >= 4 is 27.3 Å². The fraction of sp³-hybridized carbons (Fsp3) is 0.500. The van der Waals surface area contributed by atoms with Crippen molar-refractivity contribution in [2.75, 3.05) is 25.2 Å². The first kappa shape index (κ1) is 16.3. The number of amides is 1. The standard InChI is InChI=1S/C14H18ClNO4S/c1-10-8-16(9-12(7-15)20-10)14(17)11-4-3-5-13(6-11)21(2,18)19/h3-6,10,12H,7-9H2,1-2H3. The van der Waals surface area contributed by atoms with Crippen molar-refractivity contribution in [3.63, 3.8) is 0 Å². The second-order valence-corrected chi connectivity index (χ2v) is 7.56. The van der Waals surface area contributed by atoms with Gasteiger partial charge in [0.05, 0.1) is 23.0 Å². The molecule has 5 nitrogen and oxygen atoms in total. The molecule has 0 bridgehead atoms. The Morgan fingerprint density at radius 2 is 2.14 bits per heavy atom. The lowest BCUT2D eigenvalue weighted by molar-refractivity contribution is -0.0570. The van der Waals surface area contributed by atoms with E-state index in [2.05, 4.69) is 0 Å². The van der Waals surface area contributed by atoms with E-state index in [0.717, 1.165) is 6.26 Å². The fourth-order valence-electron chi connectivity index (χ4n) is 2.34. The molecule has 1 aliphatic rings. The quantitative estimate of drug-likeness (QED) is 0.788. The van der Waals surface area contributed by atoms with Crippen LogP contribution in [0.3, 0.4) is 0 Å². The molecule has 116 valence electrons. The lowest BCUT2D eigenvalue weighted by Gasteiger charge is -2.36. The van der Waals surface area contributed by atoms with Crippen LogP contribution < -0.4 is 0 Å².